The molecule has 0 radical (unpaired) electrons. The SMILES string of the molecule is COC(=O)c1ccc(COc2cccc(/C=N/n3c(SC)nnc3C(F)F)c2)o1. The molecule has 0 atom stereocenters. The van der Waals surface area contributed by atoms with Gasteiger partial charge in [0.25, 0.3) is 6.43 Å². The quantitative estimate of drug-likeness (QED) is 0.310. The molecule has 8 nitrogen and oxygen atoms in total. The third-order valence-corrected chi connectivity index (χ3v) is 4.24. The van der Waals surface area contributed by atoms with Crippen LogP contribution < -0.4 is 4.74 Å². The van der Waals surface area contributed by atoms with E-state index in [1.165, 1.54) is 19.4 Å². The first-order valence-electron chi connectivity index (χ1n) is 8.23. The van der Waals surface area contributed by atoms with Crippen LogP contribution in [-0.4, -0.2) is 40.4 Å². The first-order chi connectivity index (χ1) is 14.0. The Morgan fingerprint density at radius 1 is 1.34 bits per heavy atom. The summed E-state index contributed by atoms with van der Waals surface area (Å²) in [5.41, 5.74) is 0.623. The van der Waals surface area contributed by atoms with E-state index in [2.05, 4.69) is 20.0 Å². The van der Waals surface area contributed by atoms with Crippen LogP contribution in [0.1, 0.15) is 34.1 Å². The fraction of sp³-hybridized carbons (Fsp3) is 0.222. The molecule has 0 aliphatic rings. The van der Waals surface area contributed by atoms with Gasteiger partial charge in [0.2, 0.25) is 16.7 Å². The van der Waals surface area contributed by atoms with Crippen LogP contribution in [0.5, 0.6) is 5.75 Å². The van der Waals surface area contributed by atoms with Crippen molar-refractivity contribution < 1.29 is 27.5 Å². The average molecular weight is 422 g/mol. The summed E-state index contributed by atoms with van der Waals surface area (Å²) in [7, 11) is 1.26. The highest BCUT2D eigenvalue weighted by Gasteiger charge is 2.19. The second-order valence-corrected chi connectivity index (χ2v) is 6.29. The van der Waals surface area contributed by atoms with Crippen LogP contribution in [0, 0.1) is 0 Å². The summed E-state index contributed by atoms with van der Waals surface area (Å²) in [5.74, 6) is -0.0677. The Balaban J connectivity index is 1.70. The number of benzene rings is 1. The normalized spacial score (nSPS) is 11.3. The zero-order valence-electron chi connectivity index (χ0n) is 15.4. The molecule has 1 aromatic carbocycles. The van der Waals surface area contributed by atoms with Gasteiger partial charge in [0.05, 0.1) is 13.3 Å². The van der Waals surface area contributed by atoms with Gasteiger partial charge in [-0.25, -0.2) is 13.6 Å². The van der Waals surface area contributed by atoms with E-state index >= 15 is 0 Å². The third-order valence-electron chi connectivity index (χ3n) is 3.62. The molecule has 0 spiro atoms. The molecule has 3 aromatic rings. The zero-order valence-corrected chi connectivity index (χ0v) is 16.2. The van der Waals surface area contributed by atoms with E-state index in [-0.39, 0.29) is 17.5 Å². The zero-order chi connectivity index (χ0) is 20.8. The van der Waals surface area contributed by atoms with E-state index in [9.17, 15) is 13.6 Å². The van der Waals surface area contributed by atoms with Gasteiger partial charge >= 0.3 is 5.97 Å². The molecule has 0 fully saturated rings. The number of halogens is 2. The van der Waals surface area contributed by atoms with Gasteiger partial charge in [-0.1, -0.05) is 23.9 Å². The van der Waals surface area contributed by atoms with Gasteiger partial charge < -0.3 is 13.9 Å². The van der Waals surface area contributed by atoms with Crippen LogP contribution in [0.4, 0.5) is 8.78 Å². The van der Waals surface area contributed by atoms with Gasteiger partial charge in [-0.15, -0.1) is 10.2 Å². The number of alkyl halides is 2. The predicted molar refractivity (Wildman–Crippen MR) is 101 cm³/mol. The number of thioether (sulfide) groups is 1. The highest BCUT2D eigenvalue weighted by atomic mass is 32.2. The fourth-order valence-electron chi connectivity index (χ4n) is 2.28. The number of hydrogen-bond donors (Lipinski definition) is 0. The van der Waals surface area contributed by atoms with Crippen molar-refractivity contribution in [2.75, 3.05) is 13.4 Å². The molecule has 29 heavy (non-hydrogen) atoms. The Morgan fingerprint density at radius 3 is 2.90 bits per heavy atom. The first-order valence-corrected chi connectivity index (χ1v) is 9.46. The van der Waals surface area contributed by atoms with Crippen molar-refractivity contribution in [1.82, 2.24) is 14.9 Å². The molecule has 0 saturated carbocycles. The molecule has 0 unspecified atom stereocenters. The summed E-state index contributed by atoms with van der Waals surface area (Å²) in [6.07, 6.45) is 0.308. The number of aromatic nitrogens is 3. The molecule has 152 valence electrons. The summed E-state index contributed by atoms with van der Waals surface area (Å²) in [5, 5.41) is 11.5. The molecule has 2 heterocycles. The lowest BCUT2D eigenvalue weighted by molar-refractivity contribution is 0.0561. The monoisotopic (exact) mass is 422 g/mol. The van der Waals surface area contributed by atoms with Crippen LogP contribution in [0.25, 0.3) is 0 Å². The molecule has 0 aliphatic heterocycles. The molecular weight excluding hydrogens is 406 g/mol. The molecular formula is C18H16F2N4O4S. The van der Waals surface area contributed by atoms with E-state index in [4.69, 9.17) is 9.15 Å². The Hall–Kier alpha value is -3.21. The maximum Gasteiger partial charge on any atom is 0.373 e. The lowest BCUT2D eigenvalue weighted by Gasteiger charge is -2.05. The molecule has 0 N–H and O–H groups in total. The number of ether oxygens (including phenoxy) is 2. The molecule has 0 amide bonds. The summed E-state index contributed by atoms with van der Waals surface area (Å²) >= 11 is 1.16. The number of carbonyl (C=O) groups is 1. The van der Waals surface area contributed by atoms with Crippen LogP contribution in [-0.2, 0) is 11.3 Å². The number of rotatable bonds is 8. The van der Waals surface area contributed by atoms with Crippen LogP contribution in [0.15, 0.2) is 51.1 Å². The smallest absolute Gasteiger partial charge is 0.373 e. The number of esters is 1. The van der Waals surface area contributed by atoms with E-state index < -0.39 is 18.2 Å². The van der Waals surface area contributed by atoms with Crippen molar-refractivity contribution in [3.8, 4) is 5.75 Å². The third kappa shape index (κ3) is 4.99. The molecule has 0 saturated heterocycles. The van der Waals surface area contributed by atoms with Crippen LogP contribution in [0.3, 0.4) is 0 Å². The van der Waals surface area contributed by atoms with E-state index in [1.54, 1.807) is 36.6 Å². The standard InChI is InChI=1S/C18H16F2N4O4S/c1-26-17(25)14-7-6-13(28-14)10-27-12-5-3-4-11(8-12)9-21-24-16(15(19)20)22-23-18(24)29-2/h3-9,15H,10H2,1-2H3/b21-9+. The average Bonchev–Trinajstić information content (AvgIpc) is 3.37. The predicted octanol–water partition coefficient (Wildman–Crippen LogP) is 3.78. The summed E-state index contributed by atoms with van der Waals surface area (Å²) in [4.78, 5) is 11.4. The van der Waals surface area contributed by atoms with Crippen molar-refractivity contribution >= 4 is 23.9 Å². The maximum atomic E-state index is 13.0. The Labute approximate surface area is 168 Å². The Kier molecular flexibility index (Phi) is 6.60. The number of hydrogen-bond acceptors (Lipinski definition) is 8. The number of furan rings is 1. The van der Waals surface area contributed by atoms with E-state index in [0.717, 1.165) is 16.4 Å². The van der Waals surface area contributed by atoms with E-state index in [1.807, 2.05) is 0 Å². The summed E-state index contributed by atoms with van der Waals surface area (Å²) in [6.45, 7) is 0.0924. The minimum absolute atomic E-state index is 0.0837. The number of methoxy groups -OCH3 is 1. The lowest BCUT2D eigenvalue weighted by atomic mass is 10.2. The van der Waals surface area contributed by atoms with Crippen molar-refractivity contribution in [3.63, 3.8) is 0 Å². The van der Waals surface area contributed by atoms with Crippen molar-refractivity contribution in [3.05, 3.63) is 59.3 Å². The second kappa shape index (κ2) is 9.32. The van der Waals surface area contributed by atoms with Gasteiger partial charge in [-0.3, -0.25) is 0 Å². The first kappa shape index (κ1) is 20.5. The minimum atomic E-state index is -2.79. The molecule has 11 heteroatoms. The van der Waals surface area contributed by atoms with Crippen molar-refractivity contribution in [1.29, 1.82) is 0 Å². The maximum absolute atomic E-state index is 13.0. The van der Waals surface area contributed by atoms with Crippen molar-refractivity contribution in [2.45, 2.75) is 18.2 Å². The summed E-state index contributed by atoms with van der Waals surface area (Å²) in [6, 6.07) is 9.98. The van der Waals surface area contributed by atoms with Crippen LogP contribution >= 0.6 is 11.8 Å². The van der Waals surface area contributed by atoms with Crippen LogP contribution in [0.2, 0.25) is 0 Å². The molecule has 3 rings (SSSR count). The van der Waals surface area contributed by atoms with Gasteiger partial charge in [0, 0.05) is 0 Å². The molecule has 0 aliphatic carbocycles. The number of nitrogens with zero attached hydrogens (tertiary/aromatic N) is 4. The van der Waals surface area contributed by atoms with Gasteiger partial charge in [-0.05, 0) is 36.1 Å². The molecule has 0 bridgehead atoms. The fourth-order valence-corrected chi connectivity index (χ4v) is 2.71. The summed E-state index contributed by atoms with van der Waals surface area (Å²) < 4.78 is 42.6. The Morgan fingerprint density at radius 2 is 2.17 bits per heavy atom. The number of carbonyl (C=O) groups excluding carboxylic acids is 1. The Bertz CT molecular complexity index is 1020. The minimum Gasteiger partial charge on any atom is -0.486 e. The lowest BCUT2D eigenvalue weighted by Crippen LogP contribution is -2.01. The van der Waals surface area contributed by atoms with E-state index in [0.29, 0.717) is 17.1 Å². The second-order valence-electron chi connectivity index (χ2n) is 5.52. The van der Waals surface area contributed by atoms with Crippen molar-refractivity contribution in [2.24, 2.45) is 5.10 Å². The highest BCUT2D eigenvalue weighted by Crippen LogP contribution is 2.22. The van der Waals surface area contributed by atoms with Gasteiger partial charge in [0.15, 0.2) is 0 Å². The van der Waals surface area contributed by atoms with Gasteiger partial charge in [0.1, 0.15) is 18.1 Å². The molecule has 2 aromatic heterocycles. The van der Waals surface area contributed by atoms with Gasteiger partial charge in [-0.2, -0.15) is 9.78 Å². The largest absolute Gasteiger partial charge is 0.486 e. The highest BCUT2D eigenvalue weighted by molar-refractivity contribution is 7.98. The topological polar surface area (TPSA) is 91.7 Å².